The molecule has 1 aromatic heterocycles. The second-order valence-electron chi connectivity index (χ2n) is 4.36. The number of carbonyl (C=O) groups is 1. The zero-order chi connectivity index (χ0) is 11.8. The van der Waals surface area contributed by atoms with Gasteiger partial charge in [-0.05, 0) is 18.6 Å². The van der Waals surface area contributed by atoms with E-state index in [0.29, 0.717) is 25.3 Å². The average molecular weight is 223 g/mol. The highest BCUT2D eigenvalue weighted by atomic mass is 16.4. The third-order valence-electron chi connectivity index (χ3n) is 3.14. The Morgan fingerprint density at radius 2 is 2.19 bits per heavy atom. The van der Waals surface area contributed by atoms with Gasteiger partial charge in [0.2, 0.25) is 0 Å². The minimum atomic E-state index is -0.685. The number of furan rings is 1. The summed E-state index contributed by atoms with van der Waals surface area (Å²) in [6, 6.07) is 3.52. The van der Waals surface area contributed by atoms with Crippen LogP contribution in [0.2, 0.25) is 0 Å². The maximum atomic E-state index is 11.9. The molecule has 0 bridgehead atoms. The molecule has 1 N–H and O–H groups in total. The van der Waals surface area contributed by atoms with Crippen LogP contribution in [0.4, 0.5) is 0 Å². The molecule has 1 amide bonds. The highest BCUT2D eigenvalue weighted by Gasteiger charge is 2.42. The molecule has 0 atom stereocenters. The summed E-state index contributed by atoms with van der Waals surface area (Å²) in [5.74, 6) is 1.06. The van der Waals surface area contributed by atoms with Crippen molar-refractivity contribution in [3.8, 4) is 0 Å². The van der Waals surface area contributed by atoms with E-state index in [0.717, 1.165) is 12.2 Å². The first-order valence-electron chi connectivity index (χ1n) is 5.68. The predicted molar refractivity (Wildman–Crippen MR) is 59.2 cm³/mol. The fourth-order valence-electron chi connectivity index (χ4n) is 1.87. The summed E-state index contributed by atoms with van der Waals surface area (Å²) in [5.41, 5.74) is -0.685. The van der Waals surface area contributed by atoms with Crippen LogP contribution >= 0.6 is 0 Å². The Morgan fingerprint density at radius 1 is 1.50 bits per heavy atom. The summed E-state index contributed by atoms with van der Waals surface area (Å²) < 4.78 is 5.38. The summed E-state index contributed by atoms with van der Waals surface area (Å²) in [6.07, 6.45) is 1.46. The largest absolute Gasteiger partial charge is 0.456 e. The van der Waals surface area contributed by atoms with Crippen molar-refractivity contribution in [2.75, 3.05) is 13.1 Å². The van der Waals surface area contributed by atoms with Crippen molar-refractivity contribution in [2.45, 2.75) is 32.3 Å². The molecule has 16 heavy (non-hydrogen) atoms. The van der Waals surface area contributed by atoms with Crippen molar-refractivity contribution < 1.29 is 14.3 Å². The van der Waals surface area contributed by atoms with E-state index in [1.807, 2.05) is 19.9 Å². The number of carbonyl (C=O) groups excluding carboxylic acids is 1. The van der Waals surface area contributed by atoms with Crippen LogP contribution in [-0.4, -0.2) is 34.6 Å². The lowest BCUT2D eigenvalue weighted by atomic mass is 9.91. The molecule has 0 radical (unpaired) electrons. The number of hydrogen-bond donors (Lipinski definition) is 1. The maximum absolute atomic E-state index is 11.9. The Labute approximate surface area is 94.9 Å². The molecule has 4 heteroatoms. The van der Waals surface area contributed by atoms with Gasteiger partial charge in [0, 0.05) is 6.42 Å². The Bertz CT molecular complexity index is 391. The third kappa shape index (κ3) is 1.85. The molecule has 0 aromatic carbocycles. The normalized spacial score (nSPS) is 18.3. The Balaban J connectivity index is 2.00. The number of aliphatic hydroxyl groups is 1. The van der Waals surface area contributed by atoms with E-state index in [1.165, 1.54) is 0 Å². The molecular formula is C12H17NO3. The van der Waals surface area contributed by atoms with Gasteiger partial charge in [0.1, 0.15) is 5.76 Å². The summed E-state index contributed by atoms with van der Waals surface area (Å²) >= 11 is 0. The van der Waals surface area contributed by atoms with Gasteiger partial charge in [-0.1, -0.05) is 13.8 Å². The summed E-state index contributed by atoms with van der Waals surface area (Å²) in [7, 11) is 0. The molecule has 0 aliphatic carbocycles. The van der Waals surface area contributed by atoms with Gasteiger partial charge in [-0.15, -0.1) is 0 Å². The second kappa shape index (κ2) is 3.94. The van der Waals surface area contributed by atoms with E-state index in [2.05, 4.69) is 0 Å². The number of amides is 1. The average Bonchev–Trinajstić information content (AvgIpc) is 2.72. The SMILES string of the molecule is CCc1ccc(C(=O)N2CC(O)(CC)C2)o1. The lowest BCUT2D eigenvalue weighted by Gasteiger charge is -2.45. The number of likely N-dealkylation sites (tertiary alicyclic amines) is 1. The lowest BCUT2D eigenvalue weighted by molar-refractivity contribution is -0.0834. The van der Waals surface area contributed by atoms with Crippen LogP contribution in [0.3, 0.4) is 0 Å². The van der Waals surface area contributed by atoms with Gasteiger partial charge in [-0.2, -0.15) is 0 Å². The van der Waals surface area contributed by atoms with Crippen molar-refractivity contribution in [3.63, 3.8) is 0 Å². The lowest BCUT2D eigenvalue weighted by Crippen LogP contribution is -2.63. The van der Waals surface area contributed by atoms with Crippen LogP contribution in [0.1, 0.15) is 36.6 Å². The highest BCUT2D eigenvalue weighted by Crippen LogP contribution is 2.26. The van der Waals surface area contributed by atoms with Gasteiger partial charge in [0.05, 0.1) is 18.7 Å². The minimum Gasteiger partial charge on any atom is -0.456 e. The molecular weight excluding hydrogens is 206 g/mol. The summed E-state index contributed by atoms with van der Waals surface area (Å²) in [4.78, 5) is 13.5. The first-order chi connectivity index (χ1) is 7.58. The molecule has 1 aromatic rings. The van der Waals surface area contributed by atoms with Crippen molar-refractivity contribution in [2.24, 2.45) is 0 Å². The molecule has 1 saturated heterocycles. The smallest absolute Gasteiger partial charge is 0.289 e. The minimum absolute atomic E-state index is 0.127. The Morgan fingerprint density at radius 3 is 2.69 bits per heavy atom. The number of aryl methyl sites for hydroxylation is 1. The quantitative estimate of drug-likeness (QED) is 0.843. The first kappa shape index (κ1) is 11.2. The maximum Gasteiger partial charge on any atom is 0.289 e. The Hall–Kier alpha value is -1.29. The highest BCUT2D eigenvalue weighted by molar-refractivity contribution is 5.92. The van der Waals surface area contributed by atoms with Crippen LogP contribution in [0.5, 0.6) is 0 Å². The second-order valence-corrected chi connectivity index (χ2v) is 4.36. The van der Waals surface area contributed by atoms with Crippen LogP contribution in [0.25, 0.3) is 0 Å². The zero-order valence-corrected chi connectivity index (χ0v) is 9.69. The van der Waals surface area contributed by atoms with Gasteiger partial charge in [0.25, 0.3) is 5.91 Å². The summed E-state index contributed by atoms with van der Waals surface area (Å²) in [5, 5.41) is 9.81. The molecule has 2 rings (SSSR count). The topological polar surface area (TPSA) is 53.7 Å². The van der Waals surface area contributed by atoms with E-state index >= 15 is 0 Å². The van der Waals surface area contributed by atoms with Gasteiger partial charge in [-0.3, -0.25) is 4.79 Å². The van der Waals surface area contributed by atoms with E-state index in [4.69, 9.17) is 4.42 Å². The van der Waals surface area contributed by atoms with E-state index in [1.54, 1.807) is 11.0 Å². The molecule has 88 valence electrons. The van der Waals surface area contributed by atoms with Crippen molar-refractivity contribution in [1.29, 1.82) is 0 Å². The molecule has 2 heterocycles. The monoisotopic (exact) mass is 223 g/mol. The Kier molecular flexibility index (Phi) is 2.76. The first-order valence-corrected chi connectivity index (χ1v) is 5.68. The molecule has 0 unspecified atom stereocenters. The van der Waals surface area contributed by atoms with Gasteiger partial charge in [0.15, 0.2) is 5.76 Å². The van der Waals surface area contributed by atoms with E-state index < -0.39 is 5.60 Å². The van der Waals surface area contributed by atoms with Crippen molar-refractivity contribution in [1.82, 2.24) is 4.90 Å². The molecule has 0 saturated carbocycles. The van der Waals surface area contributed by atoms with Gasteiger partial charge < -0.3 is 14.4 Å². The van der Waals surface area contributed by atoms with Gasteiger partial charge in [-0.25, -0.2) is 0 Å². The van der Waals surface area contributed by atoms with Gasteiger partial charge >= 0.3 is 0 Å². The fraction of sp³-hybridized carbons (Fsp3) is 0.583. The van der Waals surface area contributed by atoms with Crippen LogP contribution in [-0.2, 0) is 6.42 Å². The van der Waals surface area contributed by atoms with E-state index in [9.17, 15) is 9.90 Å². The summed E-state index contributed by atoms with van der Waals surface area (Å²) in [6.45, 7) is 4.71. The molecule has 1 aliphatic heterocycles. The van der Waals surface area contributed by atoms with Crippen molar-refractivity contribution in [3.05, 3.63) is 23.7 Å². The molecule has 1 aliphatic rings. The van der Waals surface area contributed by atoms with Crippen molar-refractivity contribution >= 4 is 5.91 Å². The zero-order valence-electron chi connectivity index (χ0n) is 9.69. The third-order valence-corrected chi connectivity index (χ3v) is 3.14. The standard InChI is InChI=1S/C12H17NO3/c1-3-9-5-6-10(16-9)11(14)13-7-12(15,4-2)8-13/h5-6,15H,3-4,7-8H2,1-2H3. The number of hydrogen-bond acceptors (Lipinski definition) is 3. The number of β-amino-alcohol motifs (C(OH)–C–C–N with tert-alkyl or cyclic N) is 1. The van der Waals surface area contributed by atoms with Crippen LogP contribution in [0, 0.1) is 0 Å². The number of nitrogens with zero attached hydrogens (tertiary/aromatic N) is 1. The fourth-order valence-corrected chi connectivity index (χ4v) is 1.87. The van der Waals surface area contributed by atoms with Crippen LogP contribution in [0.15, 0.2) is 16.5 Å². The number of rotatable bonds is 3. The predicted octanol–water partition coefficient (Wildman–Crippen LogP) is 1.44. The molecule has 1 fully saturated rings. The molecule has 0 spiro atoms. The van der Waals surface area contributed by atoms with Crippen LogP contribution < -0.4 is 0 Å². The van der Waals surface area contributed by atoms with E-state index in [-0.39, 0.29) is 5.91 Å². The molecule has 4 nitrogen and oxygen atoms in total.